The second kappa shape index (κ2) is 2.48. The Morgan fingerprint density at radius 2 is 1.62 bits per heavy atom. The van der Waals surface area contributed by atoms with Crippen molar-refractivity contribution in [2.45, 2.75) is 26.4 Å². The predicted octanol–water partition coefficient (Wildman–Crippen LogP) is -0.229. The van der Waals surface area contributed by atoms with E-state index < -0.39 is 12.9 Å². The van der Waals surface area contributed by atoms with Gasteiger partial charge in [0.1, 0.15) is 0 Å². The first-order valence-corrected chi connectivity index (χ1v) is 2.46. The van der Waals surface area contributed by atoms with Crippen molar-refractivity contribution in [3.63, 3.8) is 0 Å². The molecule has 0 heterocycles. The molecule has 4 heteroatoms. The van der Waals surface area contributed by atoms with Crippen LogP contribution in [0.15, 0.2) is 0 Å². The maximum Gasteiger partial charge on any atom is 0.634 e. The van der Waals surface area contributed by atoms with E-state index in [4.69, 9.17) is 10.0 Å². The molecule has 3 nitrogen and oxygen atoms in total. The van der Waals surface area contributed by atoms with E-state index in [-0.39, 0.29) is 0 Å². The lowest BCUT2D eigenvalue weighted by atomic mass is 10.1. The van der Waals surface area contributed by atoms with Crippen molar-refractivity contribution in [3.8, 4) is 0 Å². The fraction of sp³-hybridized carbons (Fsp3) is 1.00. The van der Waals surface area contributed by atoms with Crippen molar-refractivity contribution in [3.05, 3.63) is 0 Å². The van der Waals surface area contributed by atoms with Gasteiger partial charge in [0.2, 0.25) is 0 Å². The molecule has 48 valence electrons. The number of hydrogen-bond donors (Lipinski definition) is 2. The molecule has 0 aliphatic carbocycles. The van der Waals surface area contributed by atoms with Crippen LogP contribution in [0.5, 0.6) is 0 Å². The highest BCUT2D eigenvalue weighted by Crippen LogP contribution is 2.05. The van der Waals surface area contributed by atoms with Crippen LogP contribution < -0.4 is 0 Å². The third kappa shape index (κ3) is 5.94. The average molecular weight is 118 g/mol. The monoisotopic (exact) mass is 118 g/mol. The zero-order valence-corrected chi connectivity index (χ0v) is 5.38. The van der Waals surface area contributed by atoms with Crippen LogP contribution in [-0.4, -0.2) is 23.0 Å². The smallest absolute Gasteiger partial charge is 0.402 e. The van der Waals surface area contributed by atoms with E-state index in [1.165, 1.54) is 0 Å². The topological polar surface area (TPSA) is 49.7 Å². The van der Waals surface area contributed by atoms with Crippen molar-refractivity contribution in [1.82, 2.24) is 0 Å². The molecular weight excluding hydrogens is 107 g/mol. The summed E-state index contributed by atoms with van der Waals surface area (Å²) in [7, 11) is -1.66. The van der Waals surface area contributed by atoms with E-state index in [1.807, 2.05) is 0 Å². The van der Waals surface area contributed by atoms with Crippen molar-refractivity contribution >= 4 is 7.32 Å². The van der Waals surface area contributed by atoms with Gasteiger partial charge in [-0.3, -0.25) is 0 Å². The minimum Gasteiger partial charge on any atom is -0.402 e. The summed E-state index contributed by atoms with van der Waals surface area (Å²) in [6.45, 7) is 5.23. The summed E-state index contributed by atoms with van der Waals surface area (Å²) in [6, 6.07) is 0. The van der Waals surface area contributed by atoms with Crippen molar-refractivity contribution in [2.24, 2.45) is 0 Å². The van der Waals surface area contributed by atoms with Crippen LogP contribution >= 0.6 is 0 Å². The van der Waals surface area contributed by atoms with Gasteiger partial charge >= 0.3 is 7.32 Å². The van der Waals surface area contributed by atoms with Crippen molar-refractivity contribution < 1.29 is 14.7 Å². The molecule has 0 fully saturated rings. The Labute approximate surface area is 49.5 Å². The Kier molecular flexibility index (Phi) is 2.46. The predicted molar refractivity (Wildman–Crippen MR) is 31.0 cm³/mol. The lowest BCUT2D eigenvalue weighted by Crippen LogP contribution is -2.30. The highest BCUT2D eigenvalue weighted by atomic mass is 16.6. The van der Waals surface area contributed by atoms with Crippen LogP contribution in [0.2, 0.25) is 0 Å². The first-order chi connectivity index (χ1) is 3.42. The van der Waals surface area contributed by atoms with Gasteiger partial charge in [-0.25, -0.2) is 0 Å². The molecule has 0 aliphatic rings. The van der Waals surface area contributed by atoms with Crippen LogP contribution in [0, 0.1) is 0 Å². The fourth-order valence-corrected chi connectivity index (χ4v) is 0.316. The van der Waals surface area contributed by atoms with Crippen LogP contribution in [0.25, 0.3) is 0 Å². The quantitative estimate of drug-likeness (QED) is 0.467. The molecule has 0 radical (unpaired) electrons. The zero-order valence-electron chi connectivity index (χ0n) is 5.38. The first kappa shape index (κ1) is 7.94. The van der Waals surface area contributed by atoms with E-state index in [1.54, 1.807) is 20.8 Å². The standard InChI is InChI=1S/C4H11BO3/c1-4(2,3)8-5(6)7/h6-7H,1-3H3. The highest BCUT2D eigenvalue weighted by molar-refractivity contribution is 6.32. The minimum atomic E-state index is -1.66. The first-order valence-electron chi connectivity index (χ1n) is 2.46. The summed E-state index contributed by atoms with van der Waals surface area (Å²) >= 11 is 0. The second-order valence-electron chi connectivity index (χ2n) is 2.56. The summed E-state index contributed by atoms with van der Waals surface area (Å²) in [5, 5.41) is 16.4. The largest absolute Gasteiger partial charge is 0.634 e. The van der Waals surface area contributed by atoms with E-state index in [2.05, 4.69) is 4.65 Å². The van der Waals surface area contributed by atoms with Crippen LogP contribution in [0.4, 0.5) is 0 Å². The Morgan fingerprint density at radius 1 is 1.25 bits per heavy atom. The maximum atomic E-state index is 8.22. The van der Waals surface area contributed by atoms with Crippen molar-refractivity contribution in [2.75, 3.05) is 0 Å². The SMILES string of the molecule is CC(C)(C)OB(O)O. The summed E-state index contributed by atoms with van der Waals surface area (Å²) in [6.07, 6.45) is 0. The van der Waals surface area contributed by atoms with Crippen molar-refractivity contribution in [1.29, 1.82) is 0 Å². The number of rotatable bonds is 1. The molecule has 0 bridgehead atoms. The molecule has 0 amide bonds. The summed E-state index contributed by atoms with van der Waals surface area (Å²) in [5.41, 5.74) is -0.478. The molecular formula is C4H11BO3. The van der Waals surface area contributed by atoms with Crippen LogP contribution in [-0.2, 0) is 4.65 Å². The molecule has 0 aromatic carbocycles. The molecule has 0 aromatic heterocycles. The molecule has 0 rings (SSSR count). The average Bonchev–Trinajstić information content (AvgIpc) is 1.21. The summed E-state index contributed by atoms with van der Waals surface area (Å²) < 4.78 is 4.55. The maximum absolute atomic E-state index is 8.22. The van der Waals surface area contributed by atoms with E-state index in [0.717, 1.165) is 0 Å². The van der Waals surface area contributed by atoms with Gasteiger partial charge in [-0.1, -0.05) is 0 Å². The van der Waals surface area contributed by atoms with Gasteiger partial charge in [0.15, 0.2) is 0 Å². The van der Waals surface area contributed by atoms with Gasteiger partial charge in [0.25, 0.3) is 0 Å². The molecule has 2 N–H and O–H groups in total. The van der Waals surface area contributed by atoms with Crippen LogP contribution in [0.1, 0.15) is 20.8 Å². The van der Waals surface area contributed by atoms with E-state index in [9.17, 15) is 0 Å². The molecule has 0 atom stereocenters. The van der Waals surface area contributed by atoms with Gasteiger partial charge in [-0.05, 0) is 20.8 Å². The Bertz CT molecular complexity index is 66.2. The molecule has 0 aliphatic heterocycles. The normalized spacial score (nSPS) is 11.6. The Morgan fingerprint density at radius 3 is 1.62 bits per heavy atom. The summed E-state index contributed by atoms with van der Waals surface area (Å²) in [5.74, 6) is 0. The Hall–Kier alpha value is -0.0551. The Balaban J connectivity index is 3.39. The van der Waals surface area contributed by atoms with Gasteiger partial charge in [0, 0.05) is 5.60 Å². The minimum absolute atomic E-state index is 0.478. The third-order valence-electron chi connectivity index (χ3n) is 0.459. The lowest BCUT2D eigenvalue weighted by Gasteiger charge is -2.18. The molecule has 0 saturated carbocycles. The van der Waals surface area contributed by atoms with E-state index in [0.29, 0.717) is 0 Å². The second-order valence-corrected chi connectivity index (χ2v) is 2.56. The highest BCUT2D eigenvalue weighted by Gasteiger charge is 2.19. The van der Waals surface area contributed by atoms with Crippen LogP contribution in [0.3, 0.4) is 0 Å². The molecule has 8 heavy (non-hydrogen) atoms. The van der Waals surface area contributed by atoms with Gasteiger partial charge in [0.05, 0.1) is 0 Å². The van der Waals surface area contributed by atoms with Gasteiger partial charge in [-0.2, -0.15) is 0 Å². The molecule has 0 aromatic rings. The van der Waals surface area contributed by atoms with E-state index >= 15 is 0 Å². The van der Waals surface area contributed by atoms with Gasteiger partial charge < -0.3 is 14.7 Å². The fourth-order valence-electron chi connectivity index (χ4n) is 0.316. The molecule has 0 spiro atoms. The van der Waals surface area contributed by atoms with Gasteiger partial charge in [-0.15, -0.1) is 0 Å². The molecule has 0 unspecified atom stereocenters. The number of hydrogen-bond acceptors (Lipinski definition) is 3. The zero-order chi connectivity index (χ0) is 6.78. The molecule has 0 saturated heterocycles. The lowest BCUT2D eigenvalue weighted by molar-refractivity contribution is 0.0651. The third-order valence-corrected chi connectivity index (χ3v) is 0.459. The summed E-state index contributed by atoms with van der Waals surface area (Å²) in [4.78, 5) is 0.